The molecule has 0 atom stereocenters. The van der Waals surface area contributed by atoms with Crippen LogP contribution in [0.15, 0.2) is 22.7 Å². The standard InChI is InChI=1S/C14H17BrO3/c1-9(2)8-18-14-10(3)6-12(15)7-11(14)4-5-13(16)17/h4-7,9H,8H2,1-3H3,(H,16,17)/b5-4+. The summed E-state index contributed by atoms with van der Waals surface area (Å²) < 4.78 is 6.66. The highest BCUT2D eigenvalue weighted by atomic mass is 79.9. The highest BCUT2D eigenvalue weighted by molar-refractivity contribution is 9.10. The zero-order valence-electron chi connectivity index (χ0n) is 10.7. The van der Waals surface area contributed by atoms with Crippen LogP contribution in [0.25, 0.3) is 6.08 Å². The quantitative estimate of drug-likeness (QED) is 0.839. The number of carbonyl (C=O) groups is 1. The summed E-state index contributed by atoms with van der Waals surface area (Å²) in [6.07, 6.45) is 2.67. The maximum absolute atomic E-state index is 10.6. The Hall–Kier alpha value is -1.29. The second kappa shape index (κ2) is 6.59. The van der Waals surface area contributed by atoms with Gasteiger partial charge in [-0.2, -0.15) is 0 Å². The zero-order valence-corrected chi connectivity index (χ0v) is 12.3. The molecule has 3 nitrogen and oxygen atoms in total. The van der Waals surface area contributed by atoms with Crippen molar-refractivity contribution in [2.45, 2.75) is 20.8 Å². The Kier molecular flexibility index (Phi) is 5.41. The molecule has 0 saturated carbocycles. The lowest BCUT2D eigenvalue weighted by Crippen LogP contribution is -2.06. The molecule has 98 valence electrons. The highest BCUT2D eigenvalue weighted by Crippen LogP contribution is 2.29. The summed E-state index contributed by atoms with van der Waals surface area (Å²) in [5.74, 6) is 0.191. The molecular formula is C14H17BrO3. The smallest absolute Gasteiger partial charge is 0.328 e. The maximum atomic E-state index is 10.6. The zero-order chi connectivity index (χ0) is 13.7. The van der Waals surface area contributed by atoms with E-state index < -0.39 is 5.97 Å². The van der Waals surface area contributed by atoms with Crippen LogP contribution in [0.4, 0.5) is 0 Å². The van der Waals surface area contributed by atoms with E-state index in [2.05, 4.69) is 29.8 Å². The first-order valence-electron chi connectivity index (χ1n) is 5.74. The van der Waals surface area contributed by atoms with Crippen LogP contribution >= 0.6 is 15.9 Å². The lowest BCUT2D eigenvalue weighted by atomic mass is 10.1. The number of carboxylic acids is 1. The minimum Gasteiger partial charge on any atom is -0.492 e. The fourth-order valence-electron chi connectivity index (χ4n) is 1.49. The van der Waals surface area contributed by atoms with Gasteiger partial charge in [0.05, 0.1) is 6.61 Å². The van der Waals surface area contributed by atoms with Gasteiger partial charge in [0.25, 0.3) is 0 Å². The van der Waals surface area contributed by atoms with Crippen molar-refractivity contribution < 1.29 is 14.6 Å². The molecule has 0 aliphatic rings. The second-order valence-electron chi connectivity index (χ2n) is 4.52. The molecule has 0 spiro atoms. The van der Waals surface area contributed by atoms with Crippen molar-refractivity contribution in [2.24, 2.45) is 5.92 Å². The third kappa shape index (κ3) is 4.53. The predicted octanol–water partition coefficient (Wildman–Crippen LogP) is 3.89. The molecule has 0 heterocycles. The summed E-state index contributed by atoms with van der Waals surface area (Å²) in [6.45, 7) is 6.69. The Morgan fingerprint density at radius 1 is 1.50 bits per heavy atom. The first-order chi connectivity index (χ1) is 8.40. The molecular weight excluding hydrogens is 296 g/mol. The van der Waals surface area contributed by atoms with Crippen molar-refractivity contribution in [3.8, 4) is 5.75 Å². The van der Waals surface area contributed by atoms with Crippen molar-refractivity contribution in [1.82, 2.24) is 0 Å². The third-order valence-electron chi connectivity index (χ3n) is 2.23. The number of rotatable bonds is 5. The first-order valence-corrected chi connectivity index (χ1v) is 6.53. The van der Waals surface area contributed by atoms with Gasteiger partial charge in [0.2, 0.25) is 0 Å². The van der Waals surface area contributed by atoms with Gasteiger partial charge in [0.15, 0.2) is 0 Å². The molecule has 0 aliphatic carbocycles. The highest BCUT2D eigenvalue weighted by Gasteiger charge is 2.08. The molecule has 0 saturated heterocycles. The first kappa shape index (κ1) is 14.8. The molecule has 0 unspecified atom stereocenters. The van der Waals surface area contributed by atoms with E-state index in [1.807, 2.05) is 19.1 Å². The average Bonchev–Trinajstić information content (AvgIpc) is 2.24. The molecule has 0 amide bonds. The number of aryl methyl sites for hydroxylation is 1. The van der Waals surface area contributed by atoms with Crippen LogP contribution in [0.5, 0.6) is 5.75 Å². The Bertz CT molecular complexity index is 464. The van der Waals surface area contributed by atoms with Gasteiger partial charge in [0, 0.05) is 16.1 Å². The van der Waals surface area contributed by atoms with Crippen LogP contribution in [-0.2, 0) is 4.79 Å². The Morgan fingerprint density at radius 2 is 2.17 bits per heavy atom. The molecule has 1 rings (SSSR count). The summed E-state index contributed by atoms with van der Waals surface area (Å²) in [5.41, 5.74) is 1.75. The third-order valence-corrected chi connectivity index (χ3v) is 2.69. The number of hydrogen-bond acceptors (Lipinski definition) is 2. The number of ether oxygens (including phenoxy) is 1. The summed E-state index contributed by atoms with van der Waals surface area (Å²) in [6, 6.07) is 3.80. The van der Waals surface area contributed by atoms with E-state index in [4.69, 9.17) is 9.84 Å². The largest absolute Gasteiger partial charge is 0.492 e. The molecule has 0 fully saturated rings. The van der Waals surface area contributed by atoms with Gasteiger partial charge in [-0.05, 0) is 36.6 Å². The number of carboxylic acid groups (broad SMARTS) is 1. The fourth-order valence-corrected chi connectivity index (χ4v) is 2.08. The van der Waals surface area contributed by atoms with Gasteiger partial charge in [-0.1, -0.05) is 29.8 Å². The predicted molar refractivity (Wildman–Crippen MR) is 75.9 cm³/mol. The molecule has 0 aromatic heterocycles. The summed E-state index contributed by atoms with van der Waals surface area (Å²) in [4.78, 5) is 10.6. The topological polar surface area (TPSA) is 46.5 Å². The lowest BCUT2D eigenvalue weighted by Gasteiger charge is -2.14. The molecule has 4 heteroatoms. The number of benzene rings is 1. The Labute approximate surface area is 116 Å². The van der Waals surface area contributed by atoms with Crippen molar-refractivity contribution in [1.29, 1.82) is 0 Å². The van der Waals surface area contributed by atoms with E-state index in [1.165, 1.54) is 0 Å². The van der Waals surface area contributed by atoms with Gasteiger partial charge in [-0.3, -0.25) is 0 Å². The average molecular weight is 313 g/mol. The lowest BCUT2D eigenvalue weighted by molar-refractivity contribution is -0.131. The van der Waals surface area contributed by atoms with E-state index in [-0.39, 0.29) is 0 Å². The minimum absolute atomic E-state index is 0.421. The fraction of sp³-hybridized carbons (Fsp3) is 0.357. The van der Waals surface area contributed by atoms with Crippen LogP contribution in [0.1, 0.15) is 25.0 Å². The van der Waals surface area contributed by atoms with E-state index >= 15 is 0 Å². The number of halogens is 1. The Morgan fingerprint density at radius 3 is 2.72 bits per heavy atom. The SMILES string of the molecule is Cc1cc(Br)cc(/C=C/C(=O)O)c1OCC(C)C. The summed E-state index contributed by atoms with van der Waals surface area (Å²) in [7, 11) is 0. The van der Waals surface area contributed by atoms with Crippen molar-refractivity contribution in [2.75, 3.05) is 6.61 Å². The van der Waals surface area contributed by atoms with Crippen LogP contribution in [0.2, 0.25) is 0 Å². The Balaban J connectivity index is 3.08. The molecule has 0 aliphatic heterocycles. The van der Waals surface area contributed by atoms with Gasteiger partial charge in [0.1, 0.15) is 5.75 Å². The van der Waals surface area contributed by atoms with Crippen molar-refractivity contribution >= 4 is 28.0 Å². The normalized spacial score (nSPS) is 11.2. The number of hydrogen-bond donors (Lipinski definition) is 1. The van der Waals surface area contributed by atoms with E-state index in [0.717, 1.165) is 27.4 Å². The van der Waals surface area contributed by atoms with E-state index in [9.17, 15) is 4.79 Å². The van der Waals surface area contributed by atoms with Gasteiger partial charge < -0.3 is 9.84 Å². The summed E-state index contributed by atoms with van der Waals surface area (Å²) in [5, 5.41) is 8.68. The summed E-state index contributed by atoms with van der Waals surface area (Å²) >= 11 is 3.40. The van der Waals surface area contributed by atoms with E-state index in [1.54, 1.807) is 6.08 Å². The van der Waals surface area contributed by atoms with Crippen LogP contribution < -0.4 is 4.74 Å². The monoisotopic (exact) mass is 312 g/mol. The van der Waals surface area contributed by atoms with Crippen LogP contribution in [0, 0.1) is 12.8 Å². The van der Waals surface area contributed by atoms with Crippen LogP contribution in [0.3, 0.4) is 0 Å². The van der Waals surface area contributed by atoms with Gasteiger partial charge >= 0.3 is 5.97 Å². The minimum atomic E-state index is -0.970. The molecule has 1 aromatic carbocycles. The molecule has 0 radical (unpaired) electrons. The van der Waals surface area contributed by atoms with Crippen LogP contribution in [-0.4, -0.2) is 17.7 Å². The molecule has 1 N–H and O–H groups in total. The van der Waals surface area contributed by atoms with Gasteiger partial charge in [-0.25, -0.2) is 4.79 Å². The van der Waals surface area contributed by atoms with Gasteiger partial charge in [-0.15, -0.1) is 0 Å². The second-order valence-corrected chi connectivity index (χ2v) is 5.43. The van der Waals surface area contributed by atoms with Crippen molar-refractivity contribution in [3.05, 3.63) is 33.8 Å². The number of aliphatic carboxylic acids is 1. The maximum Gasteiger partial charge on any atom is 0.328 e. The molecule has 18 heavy (non-hydrogen) atoms. The van der Waals surface area contributed by atoms with Crippen molar-refractivity contribution in [3.63, 3.8) is 0 Å². The molecule has 1 aromatic rings. The molecule has 0 bridgehead atoms. The van der Waals surface area contributed by atoms with E-state index in [0.29, 0.717) is 12.5 Å².